The molecule has 9 N–H and O–H groups in total. The number of carbonyl (C=O) groups excluding carboxylic acids is 6. The van der Waals surface area contributed by atoms with Crippen LogP contribution in [0.15, 0.2) is 79.0 Å². The Kier molecular flexibility index (Phi) is 16.2. The van der Waals surface area contributed by atoms with E-state index in [0.717, 1.165) is 32.1 Å². The Hall–Kier alpha value is -6.95. The number of nitrogens with one attached hydrogen (secondary N) is 6. The number of esters is 1. The van der Waals surface area contributed by atoms with Crippen LogP contribution in [0.1, 0.15) is 87.9 Å². The van der Waals surface area contributed by atoms with E-state index in [9.17, 15) is 48.9 Å². The van der Waals surface area contributed by atoms with Crippen molar-refractivity contribution in [2.45, 2.75) is 127 Å². The molecule has 3 aromatic carbocycles. The van der Waals surface area contributed by atoms with E-state index in [1.165, 1.54) is 43.3 Å². The maximum Gasteiger partial charge on any atom is 0.333 e. The van der Waals surface area contributed by atoms with Crippen molar-refractivity contribution in [3.05, 3.63) is 95.7 Å². The summed E-state index contributed by atoms with van der Waals surface area (Å²) in [6.07, 6.45) is 3.20. The van der Waals surface area contributed by atoms with Crippen LogP contribution in [0.5, 0.6) is 11.5 Å². The van der Waals surface area contributed by atoms with Gasteiger partial charge < -0.3 is 56.4 Å². The number of aromatic amines is 1. The Morgan fingerprint density at radius 1 is 0.723 bits per heavy atom. The standard InChI is InChI=1S/C47H56N6O12/c1-3-4-5-6-10-13-37-41(65-37)46(62)52-39-26(2)64-47(63)40(28-14-16-30(54)17-15-28)53-44(60)36(23-29-25-48-33-19-18-31(55)24-32(29)33)50-42(58)34(20-21-38(56)57)49-43(59)35(51-45(39)61)22-27-11-8-7-9-12-27/h7-9,11-12,14-19,24-26,34-37,39-41,48,54-55H,3-6,10,13,20-23H2,1-2H3,(H,49,59)(H,50,58)(H,51,61)(H,52,62)(H,53,60)(H,56,57)/t26-,34+,35+,36+,37?,39+,40-,41?/m0/s1. The summed E-state index contributed by atoms with van der Waals surface area (Å²) in [5.74, 6) is -6.90. The first-order chi connectivity index (χ1) is 31.2. The van der Waals surface area contributed by atoms with E-state index >= 15 is 0 Å². The number of fused-ring (bicyclic) bond motifs is 1. The molecule has 346 valence electrons. The number of benzene rings is 3. The lowest BCUT2D eigenvalue weighted by Gasteiger charge is -2.30. The summed E-state index contributed by atoms with van der Waals surface area (Å²) in [6, 6.07) is 10.8. The molecule has 2 aliphatic rings. The maximum absolute atomic E-state index is 14.5. The zero-order valence-electron chi connectivity index (χ0n) is 36.2. The summed E-state index contributed by atoms with van der Waals surface area (Å²) < 4.78 is 11.6. The first kappa shape index (κ1) is 47.5. The third kappa shape index (κ3) is 13.1. The van der Waals surface area contributed by atoms with Gasteiger partial charge in [0, 0.05) is 36.4 Å². The van der Waals surface area contributed by atoms with Crippen LogP contribution >= 0.6 is 0 Å². The Morgan fingerprint density at radius 3 is 2.09 bits per heavy atom. The largest absolute Gasteiger partial charge is 0.508 e. The molecule has 3 heterocycles. The fourth-order valence-electron chi connectivity index (χ4n) is 7.85. The molecule has 65 heavy (non-hydrogen) atoms. The van der Waals surface area contributed by atoms with Crippen LogP contribution in [0.4, 0.5) is 0 Å². The molecule has 2 saturated heterocycles. The van der Waals surface area contributed by atoms with E-state index in [2.05, 4.69) is 38.5 Å². The number of phenols is 2. The molecule has 0 saturated carbocycles. The number of cyclic esters (lactones) is 1. The lowest BCUT2D eigenvalue weighted by molar-refractivity contribution is -0.156. The van der Waals surface area contributed by atoms with Crippen LogP contribution in [0.3, 0.4) is 0 Å². The fraction of sp³-hybridized carbons (Fsp3) is 0.426. The van der Waals surface area contributed by atoms with Crippen LogP contribution in [0.25, 0.3) is 10.9 Å². The number of unbranched alkanes of at least 4 members (excludes halogenated alkanes) is 4. The van der Waals surface area contributed by atoms with Gasteiger partial charge in [0.15, 0.2) is 12.1 Å². The number of hydrogen-bond donors (Lipinski definition) is 9. The molecule has 0 aliphatic carbocycles. The molecule has 4 aromatic rings. The van der Waals surface area contributed by atoms with Crippen LogP contribution < -0.4 is 26.6 Å². The first-order valence-electron chi connectivity index (χ1n) is 21.9. The smallest absolute Gasteiger partial charge is 0.333 e. The highest BCUT2D eigenvalue weighted by Gasteiger charge is 2.46. The van der Waals surface area contributed by atoms with E-state index in [4.69, 9.17) is 9.47 Å². The number of epoxide rings is 1. The zero-order valence-corrected chi connectivity index (χ0v) is 36.2. The summed E-state index contributed by atoms with van der Waals surface area (Å²) in [5.41, 5.74) is 1.81. The lowest BCUT2D eigenvalue weighted by atomic mass is 10.0. The topological polar surface area (TPSA) is 278 Å². The van der Waals surface area contributed by atoms with Crippen molar-refractivity contribution in [2.75, 3.05) is 0 Å². The second-order valence-corrected chi connectivity index (χ2v) is 16.5. The molecule has 2 aliphatic heterocycles. The van der Waals surface area contributed by atoms with Crippen molar-refractivity contribution in [3.8, 4) is 11.5 Å². The minimum Gasteiger partial charge on any atom is -0.508 e. The monoisotopic (exact) mass is 896 g/mol. The summed E-state index contributed by atoms with van der Waals surface area (Å²) in [6.45, 7) is 3.48. The van der Waals surface area contributed by atoms with Gasteiger partial charge in [-0.25, -0.2) is 4.79 Å². The van der Waals surface area contributed by atoms with Gasteiger partial charge in [0.05, 0.1) is 6.10 Å². The average Bonchev–Trinajstić information content (AvgIpc) is 3.96. The highest BCUT2D eigenvalue weighted by molar-refractivity contribution is 5.98. The van der Waals surface area contributed by atoms with Gasteiger partial charge in [0.2, 0.25) is 23.6 Å². The molecule has 6 rings (SSSR count). The van der Waals surface area contributed by atoms with Gasteiger partial charge in [-0.15, -0.1) is 0 Å². The van der Waals surface area contributed by atoms with Crippen LogP contribution in [-0.4, -0.2) is 104 Å². The highest BCUT2D eigenvalue weighted by atomic mass is 16.6. The number of ether oxygens (including phenoxy) is 2. The number of aromatic hydroxyl groups is 2. The van der Waals surface area contributed by atoms with Gasteiger partial charge in [-0.05, 0) is 66.8 Å². The number of carboxylic acid groups (broad SMARTS) is 1. The second-order valence-electron chi connectivity index (χ2n) is 16.5. The molecule has 0 radical (unpaired) electrons. The fourth-order valence-corrected chi connectivity index (χ4v) is 7.85. The number of carbonyl (C=O) groups is 7. The predicted octanol–water partition coefficient (Wildman–Crippen LogP) is 3.10. The Morgan fingerprint density at radius 2 is 1.37 bits per heavy atom. The molecule has 1 aromatic heterocycles. The molecule has 0 bridgehead atoms. The van der Waals surface area contributed by atoms with Crippen LogP contribution in [0, 0.1) is 0 Å². The van der Waals surface area contributed by atoms with Gasteiger partial charge in [-0.2, -0.15) is 0 Å². The SMILES string of the molecule is CCCCCCCC1OC1C(=O)N[C@H]1C(=O)N[C@H](Cc2ccccc2)C(=O)N[C@H](CCC(=O)O)C(=O)N[C@H](Cc2c[nH]c3ccc(O)cc23)C(=O)N[C@@H](c2ccc(O)cc2)C(=O)O[C@H]1C. The normalized spacial score (nSPS) is 24.2. The molecule has 18 heteroatoms. The van der Waals surface area contributed by atoms with Crippen LogP contribution in [0.2, 0.25) is 0 Å². The van der Waals surface area contributed by atoms with Crippen LogP contribution in [-0.2, 0) is 55.9 Å². The van der Waals surface area contributed by atoms with E-state index in [1.54, 1.807) is 42.6 Å². The molecular formula is C47H56N6O12. The quantitative estimate of drug-likeness (QED) is 0.0446. The maximum atomic E-state index is 14.5. The number of rotatable bonds is 16. The summed E-state index contributed by atoms with van der Waals surface area (Å²) in [7, 11) is 0. The molecule has 18 nitrogen and oxygen atoms in total. The Labute approximate surface area is 375 Å². The van der Waals surface area contributed by atoms with Crippen molar-refractivity contribution in [2.24, 2.45) is 0 Å². The van der Waals surface area contributed by atoms with Crippen molar-refractivity contribution in [1.82, 2.24) is 31.6 Å². The number of phenolic OH excluding ortho intramolecular Hbond substituents is 2. The second kappa shape index (κ2) is 22.1. The molecule has 2 unspecified atom stereocenters. The van der Waals surface area contributed by atoms with E-state index < -0.39 is 96.7 Å². The van der Waals surface area contributed by atoms with E-state index in [0.29, 0.717) is 28.5 Å². The number of hydrogen-bond acceptors (Lipinski definition) is 11. The summed E-state index contributed by atoms with van der Waals surface area (Å²) in [5, 5.41) is 43.7. The minimum absolute atomic E-state index is 0.0699. The number of aliphatic carboxylic acids is 1. The van der Waals surface area contributed by atoms with Gasteiger partial charge in [0.1, 0.15) is 41.8 Å². The minimum atomic E-state index is -1.62. The molecule has 2 fully saturated rings. The van der Waals surface area contributed by atoms with Crippen molar-refractivity contribution >= 4 is 52.4 Å². The van der Waals surface area contributed by atoms with E-state index in [-0.39, 0.29) is 36.0 Å². The van der Waals surface area contributed by atoms with Crippen molar-refractivity contribution in [1.29, 1.82) is 0 Å². The Bertz CT molecular complexity index is 2340. The Balaban J connectivity index is 1.38. The summed E-state index contributed by atoms with van der Waals surface area (Å²) in [4.78, 5) is 100. The predicted molar refractivity (Wildman–Crippen MR) is 235 cm³/mol. The van der Waals surface area contributed by atoms with Gasteiger partial charge >= 0.3 is 11.9 Å². The average molecular weight is 897 g/mol. The van der Waals surface area contributed by atoms with Crippen molar-refractivity contribution in [3.63, 3.8) is 0 Å². The van der Waals surface area contributed by atoms with Gasteiger partial charge in [0.25, 0.3) is 5.91 Å². The molecule has 8 atom stereocenters. The lowest BCUT2D eigenvalue weighted by Crippen LogP contribution is -2.61. The van der Waals surface area contributed by atoms with Gasteiger partial charge in [-0.3, -0.25) is 28.8 Å². The van der Waals surface area contributed by atoms with Crippen molar-refractivity contribution < 1.29 is 58.4 Å². The number of carboxylic acids is 1. The van der Waals surface area contributed by atoms with Gasteiger partial charge in [-0.1, -0.05) is 81.5 Å². The van der Waals surface area contributed by atoms with E-state index in [1.807, 2.05) is 0 Å². The molecule has 5 amide bonds. The zero-order chi connectivity index (χ0) is 46.6. The third-order valence-corrected chi connectivity index (χ3v) is 11.5. The summed E-state index contributed by atoms with van der Waals surface area (Å²) >= 11 is 0. The molecule has 0 spiro atoms. The number of aromatic nitrogens is 1. The third-order valence-electron chi connectivity index (χ3n) is 11.5. The number of H-pyrrole nitrogens is 1. The molecular weight excluding hydrogens is 841 g/mol. The number of amides is 5. The highest BCUT2D eigenvalue weighted by Crippen LogP contribution is 2.29. The first-order valence-corrected chi connectivity index (χ1v) is 21.9.